The van der Waals surface area contributed by atoms with E-state index >= 15 is 0 Å². The number of hydrogen-bond donors (Lipinski definition) is 2. The highest BCUT2D eigenvalue weighted by atomic mass is 35.5. The van der Waals surface area contributed by atoms with Crippen LogP contribution in [0.5, 0.6) is 0 Å². The number of benzene rings is 2. The SMILES string of the molecule is CONS(=O)(=O)Nc1cccc(Cc2c(C)c3cc(Cl)ccc3oc2=O)c1. The molecule has 9 heteroatoms. The third-order valence-electron chi connectivity index (χ3n) is 4.00. The monoisotopic (exact) mass is 408 g/mol. The molecule has 0 unspecified atom stereocenters. The van der Waals surface area contributed by atoms with Gasteiger partial charge in [-0.15, -0.1) is 0 Å². The molecule has 1 aromatic heterocycles. The minimum atomic E-state index is -3.84. The molecule has 7 nitrogen and oxygen atoms in total. The van der Waals surface area contributed by atoms with E-state index in [0.29, 0.717) is 21.9 Å². The van der Waals surface area contributed by atoms with Gasteiger partial charge in [0.2, 0.25) is 0 Å². The summed E-state index contributed by atoms with van der Waals surface area (Å²) in [5.41, 5.74) is 2.37. The Kier molecular flexibility index (Phi) is 5.52. The third kappa shape index (κ3) is 4.48. The van der Waals surface area contributed by atoms with Crippen molar-refractivity contribution in [3.63, 3.8) is 0 Å². The fourth-order valence-electron chi connectivity index (χ4n) is 2.80. The molecule has 0 bridgehead atoms. The van der Waals surface area contributed by atoms with E-state index in [1.807, 2.05) is 11.8 Å². The zero-order valence-electron chi connectivity index (χ0n) is 14.6. The van der Waals surface area contributed by atoms with Crippen LogP contribution in [0.1, 0.15) is 16.7 Å². The molecule has 0 aliphatic rings. The summed E-state index contributed by atoms with van der Waals surface area (Å²) in [4.78, 5) is 18.7. The van der Waals surface area contributed by atoms with Gasteiger partial charge in [-0.2, -0.15) is 8.42 Å². The molecule has 0 spiro atoms. The highest BCUT2D eigenvalue weighted by molar-refractivity contribution is 7.90. The fourth-order valence-corrected chi connectivity index (χ4v) is 3.67. The van der Waals surface area contributed by atoms with Gasteiger partial charge in [-0.25, -0.2) is 4.79 Å². The van der Waals surface area contributed by atoms with Crippen molar-refractivity contribution in [2.75, 3.05) is 11.8 Å². The average Bonchev–Trinajstić information content (AvgIpc) is 2.59. The molecule has 2 N–H and O–H groups in total. The molecule has 0 aliphatic heterocycles. The van der Waals surface area contributed by atoms with Gasteiger partial charge in [-0.1, -0.05) is 28.6 Å². The lowest BCUT2D eigenvalue weighted by molar-refractivity contribution is 0.154. The fraction of sp³-hybridized carbons (Fsp3) is 0.167. The first-order chi connectivity index (χ1) is 12.8. The number of rotatable bonds is 6. The third-order valence-corrected chi connectivity index (χ3v) is 5.13. The quantitative estimate of drug-likeness (QED) is 0.482. The van der Waals surface area contributed by atoms with Crippen LogP contribution in [0.2, 0.25) is 5.02 Å². The normalized spacial score (nSPS) is 11.7. The summed E-state index contributed by atoms with van der Waals surface area (Å²) in [5, 5.41) is 1.31. The molecule has 0 amide bonds. The Balaban J connectivity index is 1.96. The van der Waals surface area contributed by atoms with Crippen LogP contribution in [0.3, 0.4) is 0 Å². The van der Waals surface area contributed by atoms with Crippen molar-refractivity contribution in [2.45, 2.75) is 13.3 Å². The number of fused-ring (bicyclic) bond motifs is 1. The van der Waals surface area contributed by atoms with E-state index in [9.17, 15) is 13.2 Å². The van der Waals surface area contributed by atoms with E-state index in [4.69, 9.17) is 16.0 Å². The van der Waals surface area contributed by atoms with Crippen LogP contribution in [-0.2, 0) is 21.5 Å². The van der Waals surface area contributed by atoms with Gasteiger partial charge in [-0.3, -0.25) is 9.56 Å². The zero-order valence-corrected chi connectivity index (χ0v) is 16.1. The van der Waals surface area contributed by atoms with Gasteiger partial charge in [0, 0.05) is 22.4 Å². The lowest BCUT2D eigenvalue weighted by atomic mass is 9.99. The van der Waals surface area contributed by atoms with Crippen LogP contribution < -0.4 is 15.2 Å². The zero-order chi connectivity index (χ0) is 19.6. The maximum absolute atomic E-state index is 12.4. The Morgan fingerprint density at radius 3 is 2.70 bits per heavy atom. The molecule has 0 saturated carbocycles. The molecule has 0 radical (unpaired) electrons. The van der Waals surface area contributed by atoms with Crippen molar-refractivity contribution in [3.05, 3.63) is 74.6 Å². The molecular formula is C18H17ClN2O5S. The van der Waals surface area contributed by atoms with E-state index < -0.39 is 15.8 Å². The molecule has 0 saturated heterocycles. The Labute approximate surface area is 161 Å². The van der Waals surface area contributed by atoms with E-state index in [-0.39, 0.29) is 6.42 Å². The van der Waals surface area contributed by atoms with E-state index in [0.717, 1.165) is 16.5 Å². The van der Waals surface area contributed by atoms with Crippen molar-refractivity contribution < 1.29 is 17.7 Å². The van der Waals surface area contributed by atoms with Crippen LogP contribution >= 0.6 is 11.6 Å². The van der Waals surface area contributed by atoms with Crippen LogP contribution in [-0.4, -0.2) is 15.5 Å². The second-order valence-corrected chi connectivity index (χ2v) is 7.72. The topological polar surface area (TPSA) is 97.6 Å². The van der Waals surface area contributed by atoms with Crippen molar-refractivity contribution >= 4 is 38.5 Å². The lowest BCUT2D eigenvalue weighted by Crippen LogP contribution is -2.29. The Bertz CT molecular complexity index is 1160. The van der Waals surface area contributed by atoms with Gasteiger partial charge in [0.05, 0.1) is 12.8 Å². The number of anilines is 1. The van der Waals surface area contributed by atoms with Gasteiger partial charge < -0.3 is 4.42 Å². The van der Waals surface area contributed by atoms with Gasteiger partial charge in [-0.05, 0) is 48.4 Å². The molecule has 0 fully saturated rings. The summed E-state index contributed by atoms with van der Waals surface area (Å²) in [7, 11) is -2.64. The maximum atomic E-state index is 12.4. The number of nitrogens with one attached hydrogen (secondary N) is 2. The van der Waals surface area contributed by atoms with Crippen LogP contribution in [0.4, 0.5) is 5.69 Å². The van der Waals surface area contributed by atoms with Crippen molar-refractivity contribution in [1.29, 1.82) is 0 Å². The second kappa shape index (κ2) is 7.69. The largest absolute Gasteiger partial charge is 0.423 e. The Hall–Kier alpha value is -2.39. The molecular weight excluding hydrogens is 392 g/mol. The minimum Gasteiger partial charge on any atom is -0.423 e. The molecule has 142 valence electrons. The summed E-state index contributed by atoms with van der Waals surface area (Å²) in [6.45, 7) is 1.83. The van der Waals surface area contributed by atoms with Gasteiger partial charge in [0.15, 0.2) is 0 Å². The highest BCUT2D eigenvalue weighted by Gasteiger charge is 2.14. The second-order valence-electron chi connectivity index (χ2n) is 5.90. The molecule has 0 atom stereocenters. The smallest absolute Gasteiger partial charge is 0.340 e. The Morgan fingerprint density at radius 2 is 1.96 bits per heavy atom. The van der Waals surface area contributed by atoms with E-state index in [1.54, 1.807) is 42.5 Å². The highest BCUT2D eigenvalue weighted by Crippen LogP contribution is 2.25. The number of hydrogen-bond acceptors (Lipinski definition) is 5. The summed E-state index contributed by atoms with van der Waals surface area (Å²) >= 11 is 6.05. The van der Waals surface area contributed by atoms with Gasteiger partial charge in [0.1, 0.15) is 5.58 Å². The molecule has 1 heterocycles. The van der Waals surface area contributed by atoms with Gasteiger partial charge in [0.25, 0.3) is 0 Å². The Morgan fingerprint density at radius 1 is 1.19 bits per heavy atom. The molecule has 0 aliphatic carbocycles. The predicted molar refractivity (Wildman–Crippen MR) is 104 cm³/mol. The maximum Gasteiger partial charge on any atom is 0.340 e. The van der Waals surface area contributed by atoms with Crippen molar-refractivity contribution in [2.24, 2.45) is 0 Å². The predicted octanol–water partition coefficient (Wildman–Crippen LogP) is 3.15. The minimum absolute atomic E-state index is 0.282. The number of halogens is 1. The summed E-state index contributed by atoms with van der Waals surface area (Å²) in [6, 6.07) is 11.8. The average molecular weight is 409 g/mol. The van der Waals surface area contributed by atoms with E-state index in [2.05, 4.69) is 9.56 Å². The van der Waals surface area contributed by atoms with Crippen molar-refractivity contribution in [1.82, 2.24) is 4.89 Å². The first-order valence-electron chi connectivity index (χ1n) is 7.92. The molecule has 3 rings (SSSR count). The number of aryl methyl sites for hydroxylation is 1. The van der Waals surface area contributed by atoms with Crippen LogP contribution in [0.15, 0.2) is 51.7 Å². The van der Waals surface area contributed by atoms with Gasteiger partial charge >= 0.3 is 15.8 Å². The summed E-state index contributed by atoms with van der Waals surface area (Å²) in [5.74, 6) is 0. The standard InChI is InChI=1S/C18H17ClN2O5S/c1-11-15-10-13(19)6-7-17(15)26-18(22)16(11)9-12-4-3-5-14(8-12)20-27(23,24)21-25-2/h3-8,10,20-21H,9H2,1-2H3. The molecule has 27 heavy (non-hydrogen) atoms. The van der Waals surface area contributed by atoms with Crippen LogP contribution in [0.25, 0.3) is 11.0 Å². The first-order valence-corrected chi connectivity index (χ1v) is 9.78. The first kappa shape index (κ1) is 19.4. The summed E-state index contributed by atoms with van der Waals surface area (Å²) in [6.07, 6.45) is 0.282. The van der Waals surface area contributed by atoms with Crippen LogP contribution in [0, 0.1) is 6.92 Å². The molecule has 3 aromatic rings. The van der Waals surface area contributed by atoms with Crippen molar-refractivity contribution in [3.8, 4) is 0 Å². The molecule has 2 aromatic carbocycles. The van der Waals surface area contributed by atoms with E-state index in [1.165, 1.54) is 7.11 Å². The lowest BCUT2D eigenvalue weighted by Gasteiger charge is -2.11. The summed E-state index contributed by atoms with van der Waals surface area (Å²) < 4.78 is 31.2.